The van der Waals surface area contributed by atoms with E-state index in [4.69, 9.17) is 11.6 Å². The van der Waals surface area contributed by atoms with Crippen LogP contribution >= 0.6 is 22.9 Å². The predicted octanol–water partition coefficient (Wildman–Crippen LogP) is 4.61. The molecule has 106 valence electrons. The van der Waals surface area contributed by atoms with Crippen LogP contribution in [0.4, 0.5) is 13.2 Å². The van der Waals surface area contributed by atoms with E-state index < -0.39 is 11.7 Å². The lowest BCUT2D eigenvalue weighted by Crippen LogP contribution is -2.06. The number of thiazole rings is 1. The summed E-state index contributed by atoms with van der Waals surface area (Å²) in [5, 5.41) is 1.86. The molecule has 1 aromatic carbocycles. The van der Waals surface area contributed by atoms with Crippen LogP contribution in [-0.2, 0) is 17.4 Å². The number of benzene rings is 1. The van der Waals surface area contributed by atoms with Crippen LogP contribution in [0.25, 0.3) is 11.3 Å². The molecule has 1 aromatic heterocycles. The van der Waals surface area contributed by atoms with E-state index >= 15 is 0 Å². The second-order valence-corrected chi connectivity index (χ2v) is 5.55. The Balaban J connectivity index is 2.38. The fourth-order valence-corrected chi connectivity index (χ4v) is 2.74. The Bertz CT molecular complexity index is 651. The van der Waals surface area contributed by atoms with Gasteiger partial charge in [-0.15, -0.1) is 11.3 Å². The second kappa shape index (κ2) is 5.54. The minimum atomic E-state index is -4.51. The van der Waals surface area contributed by atoms with Gasteiger partial charge in [0, 0.05) is 10.9 Å². The van der Waals surface area contributed by atoms with Crippen molar-refractivity contribution < 1.29 is 18.0 Å². The number of rotatable bonds is 3. The average molecular weight is 320 g/mol. The Morgan fingerprint density at radius 3 is 2.70 bits per heavy atom. The summed E-state index contributed by atoms with van der Waals surface area (Å²) < 4.78 is 38.3. The molecule has 0 saturated heterocycles. The molecule has 0 N–H and O–H groups in total. The van der Waals surface area contributed by atoms with Gasteiger partial charge in [0.15, 0.2) is 0 Å². The minimum absolute atomic E-state index is 0.0435. The van der Waals surface area contributed by atoms with Crippen molar-refractivity contribution in [3.05, 3.63) is 39.2 Å². The number of alkyl halides is 3. The molecule has 0 unspecified atom stereocenters. The number of hydrogen-bond acceptors (Lipinski definition) is 3. The molecule has 0 atom stereocenters. The Morgan fingerprint density at radius 1 is 1.40 bits per heavy atom. The minimum Gasteiger partial charge on any atom is -0.300 e. The zero-order chi connectivity index (χ0) is 14.9. The molecule has 2 nitrogen and oxygen atoms in total. The largest absolute Gasteiger partial charge is 0.417 e. The number of carbonyl (C=O) groups is 1. The molecule has 0 radical (unpaired) electrons. The molecule has 2 aromatic rings. The fraction of sp³-hybridized carbons (Fsp3) is 0.231. The molecule has 1 heterocycles. The van der Waals surface area contributed by atoms with Crippen LogP contribution in [0.1, 0.15) is 17.5 Å². The first-order chi connectivity index (χ1) is 9.27. The van der Waals surface area contributed by atoms with Crippen LogP contribution < -0.4 is 0 Å². The fourth-order valence-electron chi connectivity index (χ4n) is 1.64. The van der Waals surface area contributed by atoms with Crippen molar-refractivity contribution in [1.82, 2.24) is 4.98 Å². The summed E-state index contributed by atoms with van der Waals surface area (Å²) in [7, 11) is 0. The molecule has 2 rings (SSSR count). The lowest BCUT2D eigenvalue weighted by Gasteiger charge is -2.09. The van der Waals surface area contributed by atoms with E-state index in [1.165, 1.54) is 30.4 Å². The smallest absolute Gasteiger partial charge is 0.300 e. The van der Waals surface area contributed by atoms with Gasteiger partial charge in [-0.05, 0) is 19.1 Å². The number of ketones is 1. The van der Waals surface area contributed by atoms with Crippen molar-refractivity contribution >= 4 is 28.7 Å². The molecule has 7 heteroatoms. The maximum absolute atomic E-state index is 12.8. The molecular weight excluding hydrogens is 311 g/mol. The van der Waals surface area contributed by atoms with Crippen molar-refractivity contribution in [3.8, 4) is 11.3 Å². The molecule has 0 aliphatic carbocycles. The molecular formula is C13H9ClF3NOS. The highest BCUT2D eigenvalue weighted by Crippen LogP contribution is 2.37. The Kier molecular flexibility index (Phi) is 4.15. The zero-order valence-electron chi connectivity index (χ0n) is 10.3. The Hall–Kier alpha value is -1.40. The first-order valence-electron chi connectivity index (χ1n) is 5.58. The third kappa shape index (κ3) is 3.37. The molecule has 0 spiro atoms. The third-order valence-electron chi connectivity index (χ3n) is 2.52. The summed E-state index contributed by atoms with van der Waals surface area (Å²) in [5.74, 6) is -0.0435. The molecule has 0 aliphatic heterocycles. The normalized spacial score (nSPS) is 11.7. The average Bonchev–Trinajstić information content (AvgIpc) is 2.75. The van der Waals surface area contributed by atoms with E-state index in [2.05, 4.69) is 4.98 Å². The van der Waals surface area contributed by atoms with Crippen molar-refractivity contribution in [2.75, 3.05) is 0 Å². The first-order valence-corrected chi connectivity index (χ1v) is 6.84. The van der Waals surface area contributed by atoms with Gasteiger partial charge in [-0.3, -0.25) is 4.79 Å². The monoisotopic (exact) mass is 319 g/mol. The molecule has 0 fully saturated rings. The van der Waals surface area contributed by atoms with Crippen LogP contribution in [0, 0.1) is 0 Å². The number of hydrogen-bond donors (Lipinski definition) is 0. The molecule has 20 heavy (non-hydrogen) atoms. The van der Waals surface area contributed by atoms with E-state index in [9.17, 15) is 18.0 Å². The lowest BCUT2D eigenvalue weighted by atomic mass is 10.1. The highest BCUT2D eigenvalue weighted by atomic mass is 35.5. The topological polar surface area (TPSA) is 30.0 Å². The van der Waals surface area contributed by atoms with Crippen molar-refractivity contribution in [1.29, 1.82) is 0 Å². The number of halogens is 4. The summed E-state index contributed by atoms with van der Waals surface area (Å²) in [4.78, 5) is 15.2. The maximum Gasteiger partial charge on any atom is 0.417 e. The van der Waals surface area contributed by atoms with Gasteiger partial charge < -0.3 is 0 Å². The summed E-state index contributed by atoms with van der Waals surface area (Å²) in [5.41, 5.74) is -0.154. The Morgan fingerprint density at radius 2 is 2.10 bits per heavy atom. The van der Waals surface area contributed by atoms with E-state index in [-0.39, 0.29) is 17.2 Å². The quantitative estimate of drug-likeness (QED) is 0.826. The van der Waals surface area contributed by atoms with Gasteiger partial charge in [-0.2, -0.15) is 13.2 Å². The van der Waals surface area contributed by atoms with Crippen LogP contribution in [0.3, 0.4) is 0 Å². The second-order valence-electron chi connectivity index (χ2n) is 4.20. The van der Waals surface area contributed by atoms with Crippen molar-refractivity contribution in [2.24, 2.45) is 0 Å². The van der Waals surface area contributed by atoms with Gasteiger partial charge in [0.05, 0.1) is 22.7 Å². The van der Waals surface area contributed by atoms with Gasteiger partial charge in [0.25, 0.3) is 0 Å². The summed E-state index contributed by atoms with van der Waals surface area (Å²) >= 11 is 6.80. The summed E-state index contributed by atoms with van der Waals surface area (Å²) in [6.07, 6.45) is -4.32. The maximum atomic E-state index is 12.8. The van der Waals surface area contributed by atoms with Gasteiger partial charge in [-0.25, -0.2) is 4.98 Å². The van der Waals surface area contributed by atoms with Gasteiger partial charge >= 0.3 is 6.18 Å². The lowest BCUT2D eigenvalue weighted by molar-refractivity contribution is -0.137. The number of Topliss-reactive ketones (excluding diaryl/α,β-unsaturated/α-hetero) is 1. The molecule has 0 saturated carbocycles. The van der Waals surface area contributed by atoms with Gasteiger partial charge in [0.2, 0.25) is 0 Å². The SMILES string of the molecule is CC(=O)Cc1nc(-c2ccc(Cl)c(C(F)(F)F)c2)cs1. The Labute approximate surface area is 122 Å². The van der Waals surface area contributed by atoms with E-state index in [1.807, 2.05) is 0 Å². The highest BCUT2D eigenvalue weighted by molar-refractivity contribution is 7.10. The van der Waals surface area contributed by atoms with Crippen LogP contribution in [0.5, 0.6) is 0 Å². The number of nitrogens with zero attached hydrogens (tertiary/aromatic N) is 1. The van der Waals surface area contributed by atoms with Gasteiger partial charge in [0.1, 0.15) is 10.8 Å². The number of aromatic nitrogens is 1. The van der Waals surface area contributed by atoms with E-state index in [0.717, 1.165) is 6.07 Å². The highest BCUT2D eigenvalue weighted by Gasteiger charge is 2.33. The standard InChI is InChI=1S/C13H9ClF3NOS/c1-7(19)4-12-18-11(6-20-12)8-2-3-10(14)9(5-8)13(15,16)17/h2-3,5-6H,4H2,1H3. The zero-order valence-corrected chi connectivity index (χ0v) is 11.9. The van der Waals surface area contributed by atoms with Crippen LogP contribution in [-0.4, -0.2) is 10.8 Å². The molecule has 0 amide bonds. The summed E-state index contributed by atoms with van der Waals surface area (Å²) in [6.45, 7) is 1.44. The van der Waals surface area contributed by atoms with E-state index in [0.29, 0.717) is 16.3 Å². The molecule has 0 bridgehead atoms. The number of carbonyl (C=O) groups excluding carboxylic acids is 1. The van der Waals surface area contributed by atoms with Gasteiger partial charge in [-0.1, -0.05) is 17.7 Å². The van der Waals surface area contributed by atoms with Crippen LogP contribution in [0.15, 0.2) is 23.6 Å². The first kappa shape index (κ1) is 15.0. The summed E-state index contributed by atoms with van der Waals surface area (Å²) in [6, 6.07) is 3.64. The van der Waals surface area contributed by atoms with Crippen molar-refractivity contribution in [3.63, 3.8) is 0 Å². The molecule has 0 aliphatic rings. The predicted molar refractivity (Wildman–Crippen MR) is 71.9 cm³/mol. The third-order valence-corrected chi connectivity index (χ3v) is 3.70. The van der Waals surface area contributed by atoms with E-state index in [1.54, 1.807) is 5.38 Å². The van der Waals surface area contributed by atoms with Crippen molar-refractivity contribution in [2.45, 2.75) is 19.5 Å². The van der Waals surface area contributed by atoms with Crippen LogP contribution in [0.2, 0.25) is 5.02 Å².